The summed E-state index contributed by atoms with van der Waals surface area (Å²) in [5, 5.41) is 0.0815. The lowest BCUT2D eigenvalue weighted by molar-refractivity contribution is 0.316. The lowest BCUT2D eigenvalue weighted by atomic mass is 10.0. The molecule has 0 spiro atoms. The van der Waals surface area contributed by atoms with Gasteiger partial charge in [-0.1, -0.05) is 13.8 Å². The first-order chi connectivity index (χ1) is 10.2. The monoisotopic (exact) mass is 363 g/mol. The summed E-state index contributed by atoms with van der Waals surface area (Å²) in [6, 6.07) is 4.57. The van der Waals surface area contributed by atoms with Crippen LogP contribution < -0.4 is 0 Å². The van der Waals surface area contributed by atoms with Crippen LogP contribution >= 0.6 is 18.9 Å². The average Bonchev–Trinajstić information content (AvgIpc) is 3.11. The average molecular weight is 363 g/mol. The first-order valence-corrected chi connectivity index (χ1v) is 10.7. The minimum absolute atomic E-state index is 0.0410. The summed E-state index contributed by atoms with van der Waals surface area (Å²) in [5.41, 5.74) is 0. The number of thiophene rings is 1. The molecule has 2 aromatic rings. The van der Waals surface area contributed by atoms with Crippen LogP contribution in [0.4, 0.5) is 0 Å². The first kappa shape index (κ1) is 17.4. The van der Waals surface area contributed by atoms with Gasteiger partial charge in [-0.2, -0.15) is 0 Å². The summed E-state index contributed by atoms with van der Waals surface area (Å²) in [4.78, 5) is 19.9. The molecule has 6 nitrogen and oxygen atoms in total. The lowest BCUT2D eigenvalue weighted by Gasteiger charge is -2.32. The van der Waals surface area contributed by atoms with Gasteiger partial charge in [-0.05, 0) is 36.4 Å². The summed E-state index contributed by atoms with van der Waals surface area (Å²) in [6.07, 6.45) is 3.10. The molecule has 0 aliphatic rings. The van der Waals surface area contributed by atoms with Crippen LogP contribution in [0.3, 0.4) is 0 Å². The van der Waals surface area contributed by atoms with Crippen LogP contribution in [0.5, 0.6) is 0 Å². The fourth-order valence-corrected chi connectivity index (χ4v) is 7.28. The zero-order valence-electron chi connectivity index (χ0n) is 12.2. The Hall–Kier alpha value is -0.920. The van der Waals surface area contributed by atoms with Crippen LogP contribution in [0.2, 0.25) is 0 Å². The normalized spacial score (nSPS) is 13.5. The predicted molar refractivity (Wildman–Crippen MR) is 85.6 cm³/mol. The molecule has 22 heavy (non-hydrogen) atoms. The van der Waals surface area contributed by atoms with Crippen molar-refractivity contribution in [2.45, 2.75) is 36.7 Å². The van der Waals surface area contributed by atoms with Gasteiger partial charge in [0.1, 0.15) is 10.1 Å². The number of hydrogen-bond donors (Lipinski definition) is 2. The Morgan fingerprint density at radius 2 is 1.77 bits per heavy atom. The Morgan fingerprint density at radius 1 is 1.23 bits per heavy atom. The third kappa shape index (κ3) is 2.59. The smallest absolute Gasteiger partial charge is 0.324 e. The summed E-state index contributed by atoms with van der Waals surface area (Å²) in [5.74, 6) is 0. The van der Waals surface area contributed by atoms with Gasteiger partial charge in [0.05, 0.1) is 0 Å². The van der Waals surface area contributed by atoms with E-state index in [0.717, 1.165) is 15.3 Å². The van der Waals surface area contributed by atoms with Crippen LogP contribution in [0.15, 0.2) is 40.9 Å². The van der Waals surface area contributed by atoms with Crippen molar-refractivity contribution in [3.05, 3.63) is 40.8 Å². The minimum atomic E-state index is -4.53. The number of hydrogen-bond acceptors (Lipinski definition) is 4. The molecular weight excluding hydrogens is 345 g/mol. The molecule has 9 heteroatoms. The van der Waals surface area contributed by atoms with Crippen molar-refractivity contribution in [2.75, 3.05) is 0 Å². The third-order valence-electron chi connectivity index (χ3n) is 3.91. The van der Waals surface area contributed by atoms with Crippen LogP contribution in [0.25, 0.3) is 0 Å². The molecule has 0 amide bonds. The summed E-state index contributed by atoms with van der Waals surface area (Å²) >= 11 is 1.07. The van der Waals surface area contributed by atoms with Crippen LogP contribution in [-0.4, -0.2) is 22.2 Å². The topological polar surface area (TPSA) is 96.6 Å². The fraction of sp³-hybridized carbons (Fsp3) is 0.385. The second-order valence-electron chi connectivity index (χ2n) is 4.91. The van der Waals surface area contributed by atoms with Crippen LogP contribution in [0, 0.1) is 0 Å². The molecule has 0 unspecified atom stereocenters. The highest BCUT2D eigenvalue weighted by molar-refractivity contribution is 7.90. The van der Waals surface area contributed by atoms with Gasteiger partial charge < -0.3 is 9.79 Å². The van der Waals surface area contributed by atoms with E-state index in [-0.39, 0.29) is 22.6 Å². The highest BCUT2D eigenvalue weighted by atomic mass is 32.2. The van der Waals surface area contributed by atoms with E-state index in [2.05, 4.69) is 0 Å². The maximum atomic E-state index is 12.7. The van der Waals surface area contributed by atoms with E-state index in [1.54, 1.807) is 31.4 Å². The highest BCUT2D eigenvalue weighted by Gasteiger charge is 2.49. The van der Waals surface area contributed by atoms with E-state index >= 15 is 0 Å². The SMILES string of the molecule is CCC(CC)(c1sccc1S(=O)(=O)n1cccc1)P(=O)(O)O. The van der Waals surface area contributed by atoms with Crippen molar-refractivity contribution >= 4 is 29.0 Å². The Balaban J connectivity index is 2.71. The van der Waals surface area contributed by atoms with Gasteiger partial charge in [0.2, 0.25) is 0 Å². The molecular formula is C13H18NO5PS2. The molecule has 0 saturated carbocycles. The van der Waals surface area contributed by atoms with Crippen molar-refractivity contribution in [1.82, 2.24) is 3.97 Å². The second-order valence-corrected chi connectivity index (χ2v) is 9.59. The molecule has 0 bridgehead atoms. The largest absolute Gasteiger partial charge is 0.336 e. The van der Waals surface area contributed by atoms with Gasteiger partial charge in [-0.15, -0.1) is 11.3 Å². The van der Waals surface area contributed by atoms with Crippen molar-refractivity contribution in [1.29, 1.82) is 0 Å². The minimum Gasteiger partial charge on any atom is -0.324 e. The Kier molecular flexibility index (Phi) is 4.71. The molecule has 0 aromatic carbocycles. The second kappa shape index (κ2) is 5.94. The quantitative estimate of drug-likeness (QED) is 0.769. The van der Waals surface area contributed by atoms with Gasteiger partial charge in [-0.3, -0.25) is 4.57 Å². The zero-order valence-corrected chi connectivity index (χ0v) is 14.7. The standard InChI is InChI=1S/C13H18NO5PS2/c1-3-13(4-2,20(15,16)17)12-11(7-10-21-12)22(18,19)14-8-5-6-9-14/h5-10H,3-4H2,1-2H3,(H2,15,16,17). The van der Waals surface area contributed by atoms with E-state index < -0.39 is 22.8 Å². The molecule has 0 atom stereocenters. The maximum Gasteiger partial charge on any atom is 0.336 e. The molecule has 0 aliphatic heterocycles. The fourth-order valence-electron chi connectivity index (χ4n) is 2.55. The maximum absolute atomic E-state index is 12.7. The molecule has 2 aromatic heterocycles. The van der Waals surface area contributed by atoms with E-state index in [1.807, 2.05) is 0 Å². The van der Waals surface area contributed by atoms with E-state index in [4.69, 9.17) is 0 Å². The van der Waals surface area contributed by atoms with Crippen molar-refractivity contribution in [3.63, 3.8) is 0 Å². The molecule has 2 N–H and O–H groups in total. The van der Waals surface area contributed by atoms with Crippen molar-refractivity contribution in [3.8, 4) is 0 Å². The highest BCUT2D eigenvalue weighted by Crippen LogP contribution is 2.63. The number of nitrogens with zero attached hydrogens (tertiary/aromatic N) is 1. The molecule has 2 rings (SSSR count). The van der Waals surface area contributed by atoms with E-state index in [0.29, 0.717) is 0 Å². The van der Waals surface area contributed by atoms with Crippen LogP contribution in [-0.2, 0) is 19.7 Å². The van der Waals surface area contributed by atoms with Gasteiger partial charge in [0.25, 0.3) is 10.0 Å². The number of aromatic nitrogens is 1. The molecule has 0 saturated heterocycles. The van der Waals surface area contributed by atoms with Crippen molar-refractivity contribution in [2.24, 2.45) is 0 Å². The van der Waals surface area contributed by atoms with Gasteiger partial charge in [0.15, 0.2) is 0 Å². The Bertz CT molecular complexity index is 784. The van der Waals surface area contributed by atoms with Crippen LogP contribution in [0.1, 0.15) is 31.6 Å². The molecule has 0 fully saturated rings. The van der Waals surface area contributed by atoms with Crippen molar-refractivity contribution < 1.29 is 22.8 Å². The molecule has 122 valence electrons. The van der Waals surface area contributed by atoms with E-state index in [1.165, 1.54) is 18.5 Å². The molecule has 0 aliphatic carbocycles. The molecule has 0 radical (unpaired) electrons. The van der Waals surface area contributed by atoms with Gasteiger partial charge >= 0.3 is 7.60 Å². The number of rotatable bonds is 6. The summed E-state index contributed by atoms with van der Waals surface area (Å²) in [7, 11) is -8.39. The van der Waals surface area contributed by atoms with Gasteiger partial charge in [0, 0.05) is 17.3 Å². The molecule has 2 heterocycles. The zero-order chi connectivity index (χ0) is 16.6. The summed E-state index contributed by atoms with van der Waals surface area (Å²) < 4.78 is 38.5. The predicted octanol–water partition coefficient (Wildman–Crippen LogP) is 2.98. The summed E-state index contributed by atoms with van der Waals surface area (Å²) in [6.45, 7) is 3.32. The lowest BCUT2D eigenvalue weighted by Crippen LogP contribution is -2.26. The third-order valence-corrected chi connectivity index (χ3v) is 8.98. The van der Waals surface area contributed by atoms with E-state index in [9.17, 15) is 22.8 Å². The Morgan fingerprint density at radius 3 is 2.23 bits per heavy atom. The Labute approximate surface area is 133 Å². The van der Waals surface area contributed by atoms with Gasteiger partial charge in [-0.25, -0.2) is 12.4 Å². The first-order valence-electron chi connectivity index (χ1n) is 6.73.